The van der Waals surface area contributed by atoms with E-state index >= 15 is 0 Å². The molecule has 5 heteroatoms. The van der Waals surface area contributed by atoms with E-state index in [1.54, 1.807) is 20.0 Å². The molecule has 0 radical (unpaired) electrons. The van der Waals surface area contributed by atoms with Crippen LogP contribution >= 0.6 is 15.9 Å². The molecule has 0 aliphatic carbocycles. The van der Waals surface area contributed by atoms with Gasteiger partial charge in [-0.25, -0.2) is 4.39 Å². The van der Waals surface area contributed by atoms with E-state index in [1.807, 2.05) is 6.07 Å². The van der Waals surface area contributed by atoms with Crippen molar-refractivity contribution in [3.8, 4) is 6.07 Å². The minimum atomic E-state index is -0.468. The molecule has 0 saturated carbocycles. The maximum absolute atomic E-state index is 13.1. The molecule has 0 N–H and O–H groups in total. The topological polar surface area (TPSA) is 44.1 Å². The standard InChI is InChI=1S/C12H12BrFN2O/c1-8(3-4-15)16(2)12(17)9-5-10(13)7-11(14)6-9/h5-8H,3H2,1-2H3. The van der Waals surface area contributed by atoms with E-state index in [4.69, 9.17) is 5.26 Å². The lowest BCUT2D eigenvalue weighted by atomic mass is 10.1. The molecule has 1 aromatic rings. The maximum Gasteiger partial charge on any atom is 0.254 e. The van der Waals surface area contributed by atoms with Gasteiger partial charge in [0.25, 0.3) is 5.91 Å². The first-order valence-corrected chi connectivity index (χ1v) is 5.85. The molecule has 0 saturated heterocycles. The first kappa shape index (κ1) is 13.7. The van der Waals surface area contributed by atoms with Crippen molar-refractivity contribution >= 4 is 21.8 Å². The lowest BCUT2D eigenvalue weighted by molar-refractivity contribution is 0.0745. The fourth-order valence-corrected chi connectivity index (χ4v) is 1.82. The van der Waals surface area contributed by atoms with Crippen molar-refractivity contribution in [3.63, 3.8) is 0 Å². The van der Waals surface area contributed by atoms with Gasteiger partial charge < -0.3 is 4.90 Å². The number of nitriles is 1. The van der Waals surface area contributed by atoms with E-state index in [2.05, 4.69) is 15.9 Å². The average molecular weight is 299 g/mol. The van der Waals surface area contributed by atoms with Gasteiger partial charge in [-0.05, 0) is 25.1 Å². The van der Waals surface area contributed by atoms with Crippen molar-refractivity contribution in [1.82, 2.24) is 4.90 Å². The largest absolute Gasteiger partial charge is 0.338 e. The zero-order valence-corrected chi connectivity index (χ0v) is 11.2. The van der Waals surface area contributed by atoms with E-state index in [-0.39, 0.29) is 23.9 Å². The van der Waals surface area contributed by atoms with Crippen molar-refractivity contribution in [2.45, 2.75) is 19.4 Å². The summed E-state index contributed by atoms with van der Waals surface area (Å²) in [6, 6.07) is 5.83. The molecule has 0 heterocycles. The molecule has 0 bridgehead atoms. The molecule has 1 amide bonds. The summed E-state index contributed by atoms with van der Waals surface area (Å²) in [6.45, 7) is 1.77. The fourth-order valence-electron chi connectivity index (χ4n) is 1.35. The predicted molar refractivity (Wildman–Crippen MR) is 65.9 cm³/mol. The number of halogens is 2. The highest BCUT2D eigenvalue weighted by atomic mass is 79.9. The number of hydrogen-bond acceptors (Lipinski definition) is 2. The highest BCUT2D eigenvalue weighted by molar-refractivity contribution is 9.10. The number of carbonyl (C=O) groups excluding carboxylic acids is 1. The maximum atomic E-state index is 13.1. The Labute approximate surface area is 108 Å². The minimum absolute atomic E-state index is 0.199. The summed E-state index contributed by atoms with van der Waals surface area (Å²) in [5.41, 5.74) is 0.268. The van der Waals surface area contributed by atoms with Crippen LogP contribution < -0.4 is 0 Å². The summed E-state index contributed by atoms with van der Waals surface area (Å²) in [5, 5.41) is 8.57. The van der Waals surface area contributed by atoms with Crippen molar-refractivity contribution in [2.75, 3.05) is 7.05 Å². The SMILES string of the molecule is CC(CC#N)N(C)C(=O)c1cc(F)cc(Br)c1. The Morgan fingerprint density at radius 3 is 2.76 bits per heavy atom. The normalized spacial score (nSPS) is 11.7. The number of nitrogens with zero attached hydrogens (tertiary/aromatic N) is 2. The van der Waals surface area contributed by atoms with Gasteiger partial charge in [0.05, 0.1) is 12.5 Å². The van der Waals surface area contributed by atoms with Crippen LogP contribution in [0, 0.1) is 17.1 Å². The van der Waals surface area contributed by atoms with Crippen LogP contribution in [0.5, 0.6) is 0 Å². The molecule has 0 fully saturated rings. The Morgan fingerprint density at radius 1 is 1.59 bits per heavy atom. The molecular weight excluding hydrogens is 287 g/mol. The number of carbonyl (C=O) groups is 1. The van der Waals surface area contributed by atoms with Crippen LogP contribution in [-0.4, -0.2) is 23.9 Å². The molecule has 1 aromatic carbocycles. The molecule has 1 atom stereocenters. The second-order valence-corrected chi connectivity index (χ2v) is 4.70. The third-order valence-corrected chi connectivity index (χ3v) is 2.94. The molecule has 0 aromatic heterocycles. The van der Waals surface area contributed by atoms with Gasteiger partial charge in [-0.15, -0.1) is 0 Å². The van der Waals surface area contributed by atoms with Gasteiger partial charge in [-0.3, -0.25) is 4.79 Å². The highest BCUT2D eigenvalue weighted by Gasteiger charge is 2.18. The third kappa shape index (κ3) is 3.53. The highest BCUT2D eigenvalue weighted by Crippen LogP contribution is 2.17. The van der Waals surface area contributed by atoms with Crippen LogP contribution in [0.15, 0.2) is 22.7 Å². The molecule has 1 rings (SSSR count). The lowest BCUT2D eigenvalue weighted by Crippen LogP contribution is -2.34. The zero-order chi connectivity index (χ0) is 13.0. The van der Waals surface area contributed by atoms with Crippen molar-refractivity contribution in [2.24, 2.45) is 0 Å². The fraction of sp³-hybridized carbons (Fsp3) is 0.333. The first-order valence-electron chi connectivity index (χ1n) is 5.06. The summed E-state index contributed by atoms with van der Waals surface area (Å²) < 4.78 is 13.7. The molecular formula is C12H12BrFN2O. The van der Waals surface area contributed by atoms with Gasteiger partial charge in [0.2, 0.25) is 0 Å². The molecule has 0 aliphatic rings. The minimum Gasteiger partial charge on any atom is -0.338 e. The van der Waals surface area contributed by atoms with E-state index in [0.717, 1.165) is 0 Å². The average Bonchev–Trinajstić information content (AvgIpc) is 2.26. The summed E-state index contributed by atoms with van der Waals surface area (Å²) in [5.74, 6) is -0.767. The number of rotatable bonds is 3. The van der Waals surface area contributed by atoms with Gasteiger partial charge in [-0.2, -0.15) is 5.26 Å². The van der Waals surface area contributed by atoms with E-state index in [0.29, 0.717) is 4.47 Å². The van der Waals surface area contributed by atoms with Crippen LogP contribution in [0.2, 0.25) is 0 Å². The third-order valence-electron chi connectivity index (χ3n) is 2.48. The van der Waals surface area contributed by atoms with Crippen LogP contribution in [0.4, 0.5) is 4.39 Å². The predicted octanol–water partition coefficient (Wildman–Crippen LogP) is 2.96. The lowest BCUT2D eigenvalue weighted by Gasteiger charge is -2.23. The first-order chi connectivity index (χ1) is 7.95. The molecule has 0 aliphatic heterocycles. The van der Waals surface area contributed by atoms with Crippen LogP contribution in [0.3, 0.4) is 0 Å². The van der Waals surface area contributed by atoms with Crippen LogP contribution in [0.25, 0.3) is 0 Å². The summed E-state index contributed by atoms with van der Waals surface area (Å²) in [6.07, 6.45) is 0.249. The summed E-state index contributed by atoms with van der Waals surface area (Å²) in [4.78, 5) is 13.4. The Kier molecular flexibility index (Phi) is 4.64. The smallest absolute Gasteiger partial charge is 0.254 e. The quantitative estimate of drug-likeness (QED) is 0.861. The summed E-state index contributed by atoms with van der Waals surface area (Å²) >= 11 is 3.14. The monoisotopic (exact) mass is 298 g/mol. The molecule has 17 heavy (non-hydrogen) atoms. The zero-order valence-electron chi connectivity index (χ0n) is 9.58. The van der Waals surface area contributed by atoms with Gasteiger partial charge in [0, 0.05) is 23.1 Å². The number of amides is 1. The van der Waals surface area contributed by atoms with E-state index in [1.165, 1.54) is 17.0 Å². The Hall–Kier alpha value is -1.41. The Balaban J connectivity index is 2.93. The molecule has 1 unspecified atom stereocenters. The Bertz CT molecular complexity index is 450. The number of benzene rings is 1. The van der Waals surface area contributed by atoms with Gasteiger partial charge in [0.15, 0.2) is 0 Å². The van der Waals surface area contributed by atoms with Gasteiger partial charge >= 0.3 is 0 Å². The molecule has 0 spiro atoms. The Morgan fingerprint density at radius 2 is 2.24 bits per heavy atom. The van der Waals surface area contributed by atoms with Crippen molar-refractivity contribution < 1.29 is 9.18 Å². The van der Waals surface area contributed by atoms with Gasteiger partial charge in [0.1, 0.15) is 5.82 Å². The van der Waals surface area contributed by atoms with Crippen molar-refractivity contribution in [1.29, 1.82) is 5.26 Å². The second kappa shape index (κ2) is 5.78. The van der Waals surface area contributed by atoms with Crippen LogP contribution in [0.1, 0.15) is 23.7 Å². The number of hydrogen-bond donors (Lipinski definition) is 0. The van der Waals surface area contributed by atoms with Gasteiger partial charge in [-0.1, -0.05) is 15.9 Å². The molecule has 90 valence electrons. The van der Waals surface area contributed by atoms with E-state index in [9.17, 15) is 9.18 Å². The summed E-state index contributed by atoms with van der Waals surface area (Å²) in [7, 11) is 1.60. The molecule has 3 nitrogen and oxygen atoms in total. The second-order valence-electron chi connectivity index (χ2n) is 3.79. The van der Waals surface area contributed by atoms with Crippen LogP contribution in [-0.2, 0) is 0 Å². The van der Waals surface area contributed by atoms with Crippen molar-refractivity contribution in [3.05, 3.63) is 34.1 Å². The van der Waals surface area contributed by atoms with E-state index < -0.39 is 5.82 Å².